The molecule has 0 aliphatic heterocycles. The molecule has 0 spiro atoms. The first-order valence-corrected chi connectivity index (χ1v) is 10.2. The van der Waals surface area contributed by atoms with E-state index in [0.717, 1.165) is 44.9 Å². The van der Waals surface area contributed by atoms with Crippen molar-refractivity contribution in [1.82, 2.24) is 0 Å². The van der Waals surface area contributed by atoms with Crippen molar-refractivity contribution in [2.24, 2.45) is 11.8 Å². The Bertz CT molecular complexity index is 435. The topological polar surface area (TPSA) is 74.6 Å². The van der Waals surface area contributed by atoms with Crippen LogP contribution >= 0.6 is 12.6 Å². The Morgan fingerprint density at radius 1 is 1.28 bits per heavy atom. The highest BCUT2D eigenvalue weighted by atomic mass is 32.1. The van der Waals surface area contributed by atoms with Crippen molar-refractivity contribution in [3.05, 3.63) is 12.2 Å². The minimum absolute atomic E-state index is 0.000987. The van der Waals surface area contributed by atoms with Gasteiger partial charge in [-0.1, -0.05) is 38.3 Å². The van der Waals surface area contributed by atoms with Crippen LogP contribution in [0.15, 0.2) is 12.2 Å². The number of carboxylic acids is 1. The first kappa shape index (κ1) is 22.2. The van der Waals surface area contributed by atoms with E-state index in [1.807, 2.05) is 12.2 Å². The summed E-state index contributed by atoms with van der Waals surface area (Å²) in [4.78, 5) is 22.7. The number of thiol groups is 1. The third kappa shape index (κ3) is 8.91. The number of rotatable bonds is 13. The fraction of sp³-hybridized carbons (Fsp3) is 0.800. The zero-order chi connectivity index (χ0) is 18.7. The summed E-state index contributed by atoms with van der Waals surface area (Å²) in [6.45, 7) is 2.15. The van der Waals surface area contributed by atoms with Crippen molar-refractivity contribution < 1.29 is 19.8 Å². The first-order valence-electron chi connectivity index (χ1n) is 9.71. The van der Waals surface area contributed by atoms with Gasteiger partial charge in [0.25, 0.3) is 0 Å². The lowest BCUT2D eigenvalue weighted by Crippen LogP contribution is -2.20. The van der Waals surface area contributed by atoms with Gasteiger partial charge in [-0.15, -0.1) is 0 Å². The highest BCUT2D eigenvalue weighted by Gasteiger charge is 2.39. The van der Waals surface area contributed by atoms with Crippen LogP contribution in [0.3, 0.4) is 0 Å². The summed E-state index contributed by atoms with van der Waals surface area (Å²) >= 11 is 4.60. The highest BCUT2D eigenvalue weighted by molar-refractivity contribution is 7.81. The average Bonchev–Trinajstić information content (AvgIpc) is 2.82. The van der Waals surface area contributed by atoms with E-state index < -0.39 is 5.97 Å². The Morgan fingerprint density at radius 2 is 2.04 bits per heavy atom. The van der Waals surface area contributed by atoms with Crippen LogP contribution in [0.1, 0.15) is 77.6 Å². The molecule has 4 nitrogen and oxygen atoms in total. The minimum Gasteiger partial charge on any atom is -0.481 e. The van der Waals surface area contributed by atoms with Crippen LogP contribution in [-0.2, 0) is 9.59 Å². The second-order valence-electron chi connectivity index (χ2n) is 7.23. The highest BCUT2D eigenvalue weighted by Crippen LogP contribution is 2.38. The third-order valence-corrected chi connectivity index (χ3v) is 5.69. The standard InChI is InChI=1S/C20H34O4S/c1-2-3-6-9-15(21)12-13-17-16(18(22)14-19(17)25)10-7-4-5-8-11-20(23)24/h4,7,15-17,19,21,25H,2-3,5-6,8-14H2,1H3,(H,23,24)/b7-4-/t15-,16+,17+,19-/m0/s1. The average molecular weight is 371 g/mol. The van der Waals surface area contributed by atoms with Crippen LogP contribution in [0, 0.1) is 11.8 Å². The second kappa shape index (κ2) is 12.5. The summed E-state index contributed by atoms with van der Waals surface area (Å²) in [6.07, 6.45) is 12.3. The molecule has 0 bridgehead atoms. The van der Waals surface area contributed by atoms with Gasteiger partial charge in [-0.25, -0.2) is 0 Å². The van der Waals surface area contributed by atoms with E-state index in [1.54, 1.807) is 0 Å². The number of aliphatic carboxylic acids is 1. The molecule has 4 atom stereocenters. The van der Waals surface area contributed by atoms with Gasteiger partial charge in [-0.3, -0.25) is 9.59 Å². The number of carboxylic acid groups (broad SMARTS) is 1. The molecular weight excluding hydrogens is 336 g/mol. The molecule has 0 amide bonds. The van der Waals surface area contributed by atoms with E-state index in [1.165, 1.54) is 0 Å². The largest absolute Gasteiger partial charge is 0.481 e. The van der Waals surface area contributed by atoms with E-state index >= 15 is 0 Å². The fourth-order valence-electron chi connectivity index (χ4n) is 3.61. The molecule has 0 heterocycles. The van der Waals surface area contributed by atoms with E-state index in [2.05, 4.69) is 19.6 Å². The molecule has 1 rings (SSSR count). The van der Waals surface area contributed by atoms with Crippen molar-refractivity contribution in [3.63, 3.8) is 0 Å². The van der Waals surface area contributed by atoms with Gasteiger partial charge in [0.15, 0.2) is 0 Å². The van der Waals surface area contributed by atoms with Crippen LogP contribution in [-0.4, -0.2) is 33.3 Å². The van der Waals surface area contributed by atoms with Gasteiger partial charge in [0.05, 0.1) is 6.10 Å². The molecule has 0 unspecified atom stereocenters. The van der Waals surface area contributed by atoms with Crippen LogP contribution in [0.5, 0.6) is 0 Å². The maximum atomic E-state index is 12.2. The molecule has 144 valence electrons. The maximum absolute atomic E-state index is 12.2. The van der Waals surface area contributed by atoms with Gasteiger partial charge in [0.1, 0.15) is 5.78 Å². The molecule has 0 aromatic rings. The lowest BCUT2D eigenvalue weighted by atomic mass is 9.87. The summed E-state index contributed by atoms with van der Waals surface area (Å²) in [6, 6.07) is 0. The Labute approximate surface area is 157 Å². The zero-order valence-electron chi connectivity index (χ0n) is 15.4. The molecule has 1 fully saturated rings. The van der Waals surface area contributed by atoms with E-state index in [-0.39, 0.29) is 35.4 Å². The second-order valence-corrected chi connectivity index (χ2v) is 7.89. The van der Waals surface area contributed by atoms with E-state index in [0.29, 0.717) is 19.3 Å². The number of hydrogen-bond donors (Lipinski definition) is 3. The number of carbonyl (C=O) groups excluding carboxylic acids is 1. The van der Waals surface area contributed by atoms with Crippen molar-refractivity contribution in [2.45, 2.75) is 88.9 Å². The molecule has 0 aromatic heterocycles. The number of unbranched alkanes of at least 4 members (excludes halogenated alkanes) is 3. The number of carbonyl (C=O) groups is 2. The SMILES string of the molecule is CCCCC[C@H](O)CC[C@H]1[C@@H](S)CC(=O)[C@@H]1C/C=C\CCCC(=O)O. The normalized spacial score (nSPS) is 24.9. The van der Waals surface area contributed by atoms with Gasteiger partial charge in [-0.05, 0) is 44.4 Å². The number of Topliss-reactive ketones (excluding diaryl/α,β-unsaturated/α-hetero) is 1. The predicted octanol–water partition coefficient (Wildman–Crippen LogP) is 4.41. The molecule has 0 saturated heterocycles. The smallest absolute Gasteiger partial charge is 0.303 e. The maximum Gasteiger partial charge on any atom is 0.303 e. The first-order chi connectivity index (χ1) is 12.0. The quantitative estimate of drug-likeness (QED) is 0.255. The minimum atomic E-state index is -0.769. The molecule has 1 aliphatic rings. The molecular formula is C20H34O4S. The van der Waals surface area contributed by atoms with Crippen molar-refractivity contribution >= 4 is 24.4 Å². The van der Waals surface area contributed by atoms with Gasteiger partial charge in [0, 0.05) is 24.0 Å². The number of hydrogen-bond acceptors (Lipinski definition) is 4. The Morgan fingerprint density at radius 3 is 2.72 bits per heavy atom. The monoisotopic (exact) mass is 370 g/mol. The fourth-order valence-corrected chi connectivity index (χ4v) is 4.14. The summed E-state index contributed by atoms with van der Waals surface area (Å²) in [5, 5.41) is 18.8. The summed E-state index contributed by atoms with van der Waals surface area (Å²) in [5.74, 6) is -0.253. The number of aliphatic hydroxyl groups is 1. The summed E-state index contributed by atoms with van der Waals surface area (Å²) in [7, 11) is 0. The van der Waals surface area contributed by atoms with Crippen LogP contribution in [0.4, 0.5) is 0 Å². The predicted molar refractivity (Wildman–Crippen MR) is 104 cm³/mol. The third-order valence-electron chi connectivity index (χ3n) is 5.13. The molecule has 2 N–H and O–H groups in total. The van der Waals surface area contributed by atoms with Crippen molar-refractivity contribution in [1.29, 1.82) is 0 Å². The van der Waals surface area contributed by atoms with Crippen LogP contribution < -0.4 is 0 Å². The van der Waals surface area contributed by atoms with Gasteiger partial charge < -0.3 is 10.2 Å². The Hall–Kier alpha value is -0.810. The molecule has 1 saturated carbocycles. The number of allylic oxidation sites excluding steroid dienone is 2. The molecule has 0 aromatic carbocycles. The zero-order valence-corrected chi connectivity index (χ0v) is 16.3. The van der Waals surface area contributed by atoms with Crippen LogP contribution in [0.25, 0.3) is 0 Å². The van der Waals surface area contributed by atoms with Crippen molar-refractivity contribution in [3.8, 4) is 0 Å². The van der Waals surface area contributed by atoms with Gasteiger partial charge in [0.2, 0.25) is 0 Å². The van der Waals surface area contributed by atoms with Gasteiger partial charge >= 0.3 is 5.97 Å². The molecule has 25 heavy (non-hydrogen) atoms. The molecule has 0 radical (unpaired) electrons. The molecule has 1 aliphatic carbocycles. The lowest BCUT2D eigenvalue weighted by molar-refractivity contribution is -0.137. The number of aliphatic hydroxyl groups excluding tert-OH is 1. The summed E-state index contributed by atoms with van der Waals surface area (Å²) in [5.41, 5.74) is 0. The number of ketones is 1. The Kier molecular flexibility index (Phi) is 11.1. The summed E-state index contributed by atoms with van der Waals surface area (Å²) < 4.78 is 0. The van der Waals surface area contributed by atoms with Crippen molar-refractivity contribution in [2.75, 3.05) is 0 Å². The van der Waals surface area contributed by atoms with E-state index in [4.69, 9.17) is 5.11 Å². The van der Waals surface area contributed by atoms with Crippen LogP contribution in [0.2, 0.25) is 0 Å². The van der Waals surface area contributed by atoms with E-state index in [9.17, 15) is 14.7 Å². The Balaban J connectivity index is 2.38. The lowest BCUT2D eigenvalue weighted by Gasteiger charge is -2.22. The molecule has 5 heteroatoms. The van der Waals surface area contributed by atoms with Gasteiger partial charge in [-0.2, -0.15) is 12.6 Å².